The normalized spacial score (nSPS) is 15.7. The Kier molecular flexibility index (Phi) is 5.98. The molecular formula is C22H22N2O4S. The minimum atomic E-state index is -0.556. The van der Waals surface area contributed by atoms with Crippen molar-refractivity contribution in [2.45, 2.75) is 19.8 Å². The average Bonchev–Trinajstić information content (AvgIpc) is 2.70. The molecule has 2 amide bonds. The Morgan fingerprint density at radius 2 is 1.72 bits per heavy atom. The van der Waals surface area contributed by atoms with Crippen molar-refractivity contribution in [3.8, 4) is 11.5 Å². The number of rotatable bonds is 5. The SMILES string of the molecule is COc1cccc(/C=C2\C(=O)NC(=S)N(c3ccc(C(C)C)cc3)C2=O)c1OC. The van der Waals surface area contributed by atoms with E-state index in [-0.39, 0.29) is 10.7 Å². The summed E-state index contributed by atoms with van der Waals surface area (Å²) in [5.41, 5.74) is 2.24. The molecule has 0 saturated carbocycles. The first kappa shape index (κ1) is 20.5. The van der Waals surface area contributed by atoms with E-state index in [0.29, 0.717) is 28.7 Å². The molecule has 2 aromatic carbocycles. The van der Waals surface area contributed by atoms with Gasteiger partial charge in [-0.1, -0.05) is 38.1 Å². The number of carbonyl (C=O) groups excluding carboxylic acids is 2. The number of thiocarbonyl (C=S) groups is 1. The third kappa shape index (κ3) is 4.00. The maximum atomic E-state index is 13.2. The van der Waals surface area contributed by atoms with Crippen LogP contribution in [0.25, 0.3) is 6.08 Å². The van der Waals surface area contributed by atoms with Gasteiger partial charge in [0.25, 0.3) is 11.8 Å². The van der Waals surface area contributed by atoms with Crippen molar-refractivity contribution >= 4 is 40.9 Å². The monoisotopic (exact) mass is 410 g/mol. The Balaban J connectivity index is 2.03. The standard InChI is InChI=1S/C22H22N2O4S/c1-13(2)14-8-10-16(11-9-14)24-21(26)17(20(25)23-22(24)29)12-15-6-5-7-18(27-3)19(15)28-4/h5-13H,1-4H3,(H,23,25,29)/b17-12+. The van der Waals surface area contributed by atoms with Crippen molar-refractivity contribution in [1.82, 2.24) is 5.32 Å². The smallest absolute Gasteiger partial charge is 0.270 e. The van der Waals surface area contributed by atoms with Gasteiger partial charge in [-0.25, -0.2) is 0 Å². The molecule has 150 valence electrons. The molecule has 0 unspecified atom stereocenters. The zero-order valence-electron chi connectivity index (χ0n) is 16.7. The summed E-state index contributed by atoms with van der Waals surface area (Å²) >= 11 is 5.25. The molecule has 6 nitrogen and oxygen atoms in total. The lowest BCUT2D eigenvalue weighted by Crippen LogP contribution is -2.54. The number of nitrogens with zero attached hydrogens (tertiary/aromatic N) is 1. The third-order valence-electron chi connectivity index (χ3n) is 4.65. The van der Waals surface area contributed by atoms with Gasteiger partial charge in [0.1, 0.15) is 5.57 Å². The van der Waals surface area contributed by atoms with E-state index in [9.17, 15) is 9.59 Å². The number of methoxy groups -OCH3 is 2. The highest BCUT2D eigenvalue weighted by Crippen LogP contribution is 2.33. The first-order valence-electron chi connectivity index (χ1n) is 9.09. The molecule has 0 radical (unpaired) electrons. The second kappa shape index (κ2) is 8.45. The van der Waals surface area contributed by atoms with Crippen molar-refractivity contribution in [2.75, 3.05) is 19.1 Å². The van der Waals surface area contributed by atoms with Gasteiger partial charge in [0, 0.05) is 5.56 Å². The average molecular weight is 410 g/mol. The van der Waals surface area contributed by atoms with E-state index in [1.54, 1.807) is 18.2 Å². The van der Waals surface area contributed by atoms with Crippen LogP contribution in [0.1, 0.15) is 30.9 Å². The van der Waals surface area contributed by atoms with Gasteiger partial charge in [0.15, 0.2) is 16.6 Å². The van der Waals surface area contributed by atoms with Crippen LogP contribution in [0.5, 0.6) is 11.5 Å². The van der Waals surface area contributed by atoms with Crippen molar-refractivity contribution in [3.63, 3.8) is 0 Å². The summed E-state index contributed by atoms with van der Waals surface area (Å²) in [7, 11) is 3.02. The van der Waals surface area contributed by atoms with Crippen molar-refractivity contribution < 1.29 is 19.1 Å². The van der Waals surface area contributed by atoms with E-state index in [1.165, 1.54) is 25.2 Å². The first-order chi connectivity index (χ1) is 13.9. The van der Waals surface area contributed by atoms with E-state index < -0.39 is 11.8 Å². The van der Waals surface area contributed by atoms with Crippen LogP contribution >= 0.6 is 12.2 Å². The van der Waals surface area contributed by atoms with E-state index in [0.717, 1.165) is 5.56 Å². The number of ether oxygens (including phenoxy) is 2. The summed E-state index contributed by atoms with van der Waals surface area (Å²) in [6, 6.07) is 12.8. The van der Waals surface area contributed by atoms with Crippen LogP contribution in [0.4, 0.5) is 5.69 Å². The van der Waals surface area contributed by atoms with Crippen LogP contribution in [0, 0.1) is 0 Å². The fourth-order valence-electron chi connectivity index (χ4n) is 3.08. The van der Waals surface area contributed by atoms with Crippen LogP contribution in [0.3, 0.4) is 0 Å². The van der Waals surface area contributed by atoms with Crippen LogP contribution in [-0.2, 0) is 9.59 Å². The summed E-state index contributed by atoms with van der Waals surface area (Å²) in [6.07, 6.45) is 1.48. The summed E-state index contributed by atoms with van der Waals surface area (Å²) in [6.45, 7) is 4.18. The Hall–Kier alpha value is -3.19. The Morgan fingerprint density at radius 3 is 2.31 bits per heavy atom. The number of amides is 2. The number of nitrogens with one attached hydrogen (secondary N) is 1. The lowest BCUT2D eigenvalue weighted by molar-refractivity contribution is -0.122. The Morgan fingerprint density at radius 1 is 1.03 bits per heavy atom. The van der Waals surface area contributed by atoms with Crippen LogP contribution in [-0.4, -0.2) is 31.1 Å². The van der Waals surface area contributed by atoms with Crippen molar-refractivity contribution in [3.05, 3.63) is 59.2 Å². The molecule has 7 heteroatoms. The molecule has 0 atom stereocenters. The number of para-hydroxylation sites is 1. The molecule has 1 saturated heterocycles. The largest absolute Gasteiger partial charge is 0.493 e. The lowest BCUT2D eigenvalue weighted by atomic mass is 10.0. The molecule has 3 rings (SSSR count). The molecule has 1 N–H and O–H groups in total. The predicted octanol–water partition coefficient (Wildman–Crippen LogP) is 3.66. The van der Waals surface area contributed by atoms with Gasteiger partial charge in [-0.3, -0.25) is 19.8 Å². The van der Waals surface area contributed by atoms with Crippen LogP contribution in [0.15, 0.2) is 48.0 Å². The number of anilines is 1. The third-order valence-corrected chi connectivity index (χ3v) is 4.94. The van der Waals surface area contributed by atoms with Gasteiger partial charge in [0.2, 0.25) is 0 Å². The zero-order chi connectivity index (χ0) is 21.1. The van der Waals surface area contributed by atoms with Gasteiger partial charge >= 0.3 is 0 Å². The lowest BCUT2D eigenvalue weighted by Gasteiger charge is -2.29. The maximum absolute atomic E-state index is 13.2. The maximum Gasteiger partial charge on any atom is 0.270 e. The predicted molar refractivity (Wildman–Crippen MR) is 116 cm³/mol. The topological polar surface area (TPSA) is 67.9 Å². The molecule has 2 aromatic rings. The molecule has 1 fully saturated rings. The second-order valence-corrected chi connectivity index (χ2v) is 7.17. The number of hydrogen-bond donors (Lipinski definition) is 1. The minimum Gasteiger partial charge on any atom is -0.493 e. The summed E-state index contributed by atoms with van der Waals surface area (Å²) in [4.78, 5) is 27.0. The Bertz CT molecular complexity index is 996. The minimum absolute atomic E-state index is 0.0434. The molecule has 0 bridgehead atoms. The number of hydrogen-bond acceptors (Lipinski definition) is 5. The van der Waals surface area contributed by atoms with Gasteiger partial charge < -0.3 is 9.47 Å². The number of carbonyl (C=O) groups is 2. The molecule has 0 spiro atoms. The molecule has 1 heterocycles. The molecule has 0 aliphatic carbocycles. The molecule has 29 heavy (non-hydrogen) atoms. The fourth-order valence-corrected chi connectivity index (χ4v) is 3.36. The number of benzene rings is 2. The first-order valence-corrected chi connectivity index (χ1v) is 9.50. The van der Waals surface area contributed by atoms with Gasteiger partial charge in [0.05, 0.1) is 19.9 Å². The molecule has 1 aliphatic heterocycles. The van der Waals surface area contributed by atoms with Crippen LogP contribution in [0.2, 0.25) is 0 Å². The van der Waals surface area contributed by atoms with E-state index in [2.05, 4.69) is 19.2 Å². The summed E-state index contributed by atoms with van der Waals surface area (Å²) in [5.74, 6) is 0.246. The summed E-state index contributed by atoms with van der Waals surface area (Å²) in [5, 5.41) is 2.64. The quantitative estimate of drug-likeness (QED) is 0.463. The molecule has 0 aromatic heterocycles. The van der Waals surface area contributed by atoms with Crippen LogP contribution < -0.4 is 19.7 Å². The van der Waals surface area contributed by atoms with Crippen molar-refractivity contribution in [2.24, 2.45) is 0 Å². The Labute approximate surface area is 175 Å². The van der Waals surface area contributed by atoms with Gasteiger partial charge in [-0.15, -0.1) is 0 Å². The van der Waals surface area contributed by atoms with Crippen molar-refractivity contribution in [1.29, 1.82) is 0 Å². The zero-order valence-corrected chi connectivity index (χ0v) is 17.5. The van der Waals surface area contributed by atoms with Gasteiger partial charge in [-0.05, 0) is 48.0 Å². The fraction of sp³-hybridized carbons (Fsp3) is 0.227. The highest BCUT2D eigenvalue weighted by atomic mass is 32.1. The van der Waals surface area contributed by atoms with E-state index in [1.807, 2.05) is 24.3 Å². The van der Waals surface area contributed by atoms with Gasteiger partial charge in [-0.2, -0.15) is 0 Å². The molecular weight excluding hydrogens is 388 g/mol. The highest BCUT2D eigenvalue weighted by Gasteiger charge is 2.34. The van der Waals surface area contributed by atoms with E-state index >= 15 is 0 Å². The molecule has 1 aliphatic rings. The highest BCUT2D eigenvalue weighted by molar-refractivity contribution is 7.80. The second-order valence-electron chi connectivity index (χ2n) is 6.79. The van der Waals surface area contributed by atoms with E-state index in [4.69, 9.17) is 21.7 Å². The summed E-state index contributed by atoms with van der Waals surface area (Å²) < 4.78 is 10.7.